The minimum absolute atomic E-state index is 0.00397. The summed E-state index contributed by atoms with van der Waals surface area (Å²) < 4.78 is 39.3. The molecule has 2 spiro atoms. The Balaban J connectivity index is 0.000000171. The second-order valence-electron chi connectivity index (χ2n) is 18.1. The number of allylic oxidation sites excluding steroid dienone is 1. The number of fused-ring (bicyclic) bond motifs is 2. The van der Waals surface area contributed by atoms with E-state index >= 15 is 0 Å². The molecule has 360 valence electrons. The summed E-state index contributed by atoms with van der Waals surface area (Å²) in [5.41, 5.74) is 10.7. The summed E-state index contributed by atoms with van der Waals surface area (Å²) in [6.07, 6.45) is 10.00. The summed E-state index contributed by atoms with van der Waals surface area (Å²) in [5, 5.41) is 10.1. The van der Waals surface area contributed by atoms with Gasteiger partial charge in [0.15, 0.2) is 0 Å². The molecule has 2 saturated heterocycles. The number of likely N-dealkylation sites (tertiary alicyclic amines) is 2. The number of amides is 1. The minimum atomic E-state index is -0.509. The van der Waals surface area contributed by atoms with Crippen LogP contribution in [0.3, 0.4) is 0 Å². The fourth-order valence-electron chi connectivity index (χ4n) is 9.26. The molecule has 19 heteroatoms. The van der Waals surface area contributed by atoms with Gasteiger partial charge in [0, 0.05) is 59.2 Å². The molecule has 2 saturated carbocycles. The highest BCUT2D eigenvalue weighted by Crippen LogP contribution is 2.59. The standard InChI is InChI=1S/C25H25ClFN5O2.C22H23ClFN5O.C3H3ClO/c1-3-23(33)31-21-9-17-20(10-22(21)34-12-15-11-25(15)6-7-32(2)13-25)28-14-29-24(17)30-16-4-5-19(27)18(26)8-16;1-29-5-4-22(11-29)9-13(22)10-30-20-8-19-15(7-18(20)25)21(27-12-26-19)28-14-2-3-17(24)16(23)6-14;1-2-3(4)5/h3-5,8-10,14-15H,1,6-7,11-13H2,2H3,(H,31,33)(H,28,29,30);2-3,6-8,12-13H,4-5,9-11,25H2,1H3,(H,26,27,28);2H,1H2. The normalized spacial score (nSPS) is 21.2. The first-order valence-corrected chi connectivity index (χ1v) is 23.4. The smallest absolute Gasteiger partial charge is 0.247 e. The van der Waals surface area contributed by atoms with Gasteiger partial charge in [-0.1, -0.05) is 36.4 Å². The lowest BCUT2D eigenvalue weighted by atomic mass is 10.0. The van der Waals surface area contributed by atoms with E-state index in [1.54, 1.807) is 24.3 Å². The van der Waals surface area contributed by atoms with Crippen LogP contribution >= 0.6 is 34.8 Å². The number of carbonyl (C=O) groups excluding carboxylic acids is 2. The molecule has 4 fully saturated rings. The Bertz CT molecular complexity index is 2950. The summed E-state index contributed by atoms with van der Waals surface area (Å²) in [4.78, 5) is 43.7. The van der Waals surface area contributed by atoms with Gasteiger partial charge >= 0.3 is 0 Å². The average Bonchev–Trinajstić information content (AvgIpc) is 4.09. The van der Waals surface area contributed by atoms with Crippen LogP contribution in [0.2, 0.25) is 10.0 Å². The molecular formula is C50H51Cl3F2N10O4. The molecule has 4 heterocycles. The van der Waals surface area contributed by atoms with Crippen LogP contribution in [0.5, 0.6) is 11.5 Å². The quantitative estimate of drug-likeness (QED) is 0.0490. The van der Waals surface area contributed by atoms with E-state index in [-0.39, 0.29) is 16.0 Å². The third kappa shape index (κ3) is 11.7. The highest BCUT2D eigenvalue weighted by atomic mass is 35.5. The number of halogens is 5. The van der Waals surface area contributed by atoms with E-state index in [9.17, 15) is 18.4 Å². The third-order valence-electron chi connectivity index (χ3n) is 13.2. The van der Waals surface area contributed by atoms with Crippen LogP contribution in [0.25, 0.3) is 21.8 Å². The Labute approximate surface area is 413 Å². The van der Waals surface area contributed by atoms with Gasteiger partial charge < -0.3 is 41.0 Å². The zero-order valence-corrected chi connectivity index (χ0v) is 40.3. The lowest BCUT2D eigenvalue weighted by molar-refractivity contribution is -0.112. The molecule has 4 unspecified atom stereocenters. The van der Waals surface area contributed by atoms with Crippen molar-refractivity contribution < 1.29 is 27.8 Å². The number of carbonyl (C=O) groups is 2. The maximum Gasteiger partial charge on any atom is 0.247 e. The number of benzene rings is 4. The van der Waals surface area contributed by atoms with Crippen LogP contribution < -0.4 is 31.2 Å². The number of ether oxygens (including phenoxy) is 2. The van der Waals surface area contributed by atoms with Gasteiger partial charge in [-0.25, -0.2) is 28.7 Å². The van der Waals surface area contributed by atoms with E-state index in [1.165, 1.54) is 68.8 Å². The molecule has 4 aromatic carbocycles. The third-order valence-corrected chi connectivity index (χ3v) is 14.0. The van der Waals surface area contributed by atoms with Gasteiger partial charge in [0.2, 0.25) is 11.1 Å². The molecule has 4 atom stereocenters. The van der Waals surface area contributed by atoms with Crippen molar-refractivity contribution in [2.45, 2.75) is 25.7 Å². The topological polar surface area (TPSA) is 173 Å². The lowest BCUT2D eigenvalue weighted by Crippen LogP contribution is -2.17. The number of nitrogen functional groups attached to an aromatic ring is 1. The first kappa shape index (κ1) is 49.3. The van der Waals surface area contributed by atoms with Crippen LogP contribution in [0.15, 0.2) is 98.6 Å². The zero-order chi connectivity index (χ0) is 49.0. The van der Waals surface area contributed by atoms with Crippen LogP contribution in [0.4, 0.5) is 43.2 Å². The van der Waals surface area contributed by atoms with Crippen molar-refractivity contribution in [1.82, 2.24) is 29.7 Å². The molecule has 10 rings (SSSR count). The Hall–Kier alpha value is -6.17. The van der Waals surface area contributed by atoms with E-state index in [4.69, 9.17) is 50.0 Å². The van der Waals surface area contributed by atoms with Crippen molar-refractivity contribution in [3.8, 4) is 11.5 Å². The molecule has 0 bridgehead atoms. The molecule has 4 aliphatic rings. The van der Waals surface area contributed by atoms with Crippen LogP contribution in [-0.2, 0) is 9.59 Å². The lowest BCUT2D eigenvalue weighted by Gasteiger charge is -2.16. The summed E-state index contributed by atoms with van der Waals surface area (Å²) in [6, 6.07) is 16.0. The molecule has 5 N–H and O–H groups in total. The Morgan fingerprint density at radius 1 is 0.754 bits per heavy atom. The van der Waals surface area contributed by atoms with E-state index < -0.39 is 16.9 Å². The van der Waals surface area contributed by atoms with Gasteiger partial charge in [0.25, 0.3) is 0 Å². The van der Waals surface area contributed by atoms with Crippen LogP contribution in [0.1, 0.15) is 25.7 Å². The van der Waals surface area contributed by atoms with Crippen molar-refractivity contribution in [3.05, 3.63) is 120 Å². The van der Waals surface area contributed by atoms with Crippen molar-refractivity contribution in [1.29, 1.82) is 0 Å². The first-order chi connectivity index (χ1) is 33.1. The maximum atomic E-state index is 13.5. The predicted octanol–water partition coefficient (Wildman–Crippen LogP) is 10.4. The van der Waals surface area contributed by atoms with Crippen LogP contribution in [0, 0.1) is 34.3 Å². The Morgan fingerprint density at radius 3 is 1.68 bits per heavy atom. The maximum absolute atomic E-state index is 13.5. The van der Waals surface area contributed by atoms with Crippen molar-refractivity contribution in [2.24, 2.45) is 22.7 Å². The Kier molecular flexibility index (Phi) is 14.9. The summed E-state index contributed by atoms with van der Waals surface area (Å²) in [5.74, 6) is 2.02. The molecular weight excluding hydrogens is 949 g/mol. The number of rotatable bonds is 13. The Morgan fingerprint density at radius 2 is 1.23 bits per heavy atom. The van der Waals surface area contributed by atoms with Crippen molar-refractivity contribution in [2.75, 3.05) is 75.2 Å². The number of aromatic nitrogens is 4. The average molecular weight is 1000 g/mol. The number of nitrogens with one attached hydrogen (secondary N) is 3. The molecule has 2 aliphatic heterocycles. The number of anilines is 6. The number of nitrogens with zero attached hydrogens (tertiary/aromatic N) is 6. The molecule has 2 aliphatic carbocycles. The number of nitrogens with two attached hydrogens (primary N) is 1. The molecule has 6 aromatic rings. The van der Waals surface area contributed by atoms with Gasteiger partial charge in [-0.15, -0.1) is 0 Å². The highest BCUT2D eigenvalue weighted by molar-refractivity contribution is 6.66. The molecule has 0 radical (unpaired) electrons. The molecule has 69 heavy (non-hydrogen) atoms. The van der Waals surface area contributed by atoms with Gasteiger partial charge in [-0.2, -0.15) is 0 Å². The minimum Gasteiger partial charge on any atom is -0.491 e. The number of hydrogen-bond acceptors (Lipinski definition) is 13. The van der Waals surface area contributed by atoms with E-state index in [0.717, 1.165) is 43.0 Å². The highest BCUT2D eigenvalue weighted by Gasteiger charge is 2.57. The number of hydrogen-bond donors (Lipinski definition) is 4. The van der Waals surface area contributed by atoms with E-state index in [2.05, 4.69) is 72.9 Å². The fourth-order valence-corrected chi connectivity index (χ4v) is 9.63. The second kappa shape index (κ2) is 20.8. The molecule has 14 nitrogen and oxygen atoms in total. The summed E-state index contributed by atoms with van der Waals surface area (Å²) >= 11 is 16.5. The molecule has 1 amide bonds. The van der Waals surface area contributed by atoms with E-state index in [0.29, 0.717) is 92.7 Å². The first-order valence-electron chi connectivity index (χ1n) is 22.2. The SMILES string of the molecule is C=CC(=O)Cl.C=CC(=O)Nc1cc2c(Nc3ccc(F)c(Cl)c3)ncnc2cc1OCC1CC12CCN(C)C2.CN1CCC2(CC2COc2cc3ncnc(Nc4ccc(F)c(Cl)c4)c3cc2N)C1. The van der Waals surface area contributed by atoms with Gasteiger partial charge in [0.05, 0.1) is 45.7 Å². The zero-order valence-electron chi connectivity index (χ0n) is 38.0. The second-order valence-corrected chi connectivity index (χ2v) is 19.2. The van der Waals surface area contributed by atoms with Gasteiger partial charge in [-0.3, -0.25) is 9.59 Å². The fraction of sp³-hybridized carbons (Fsp3) is 0.320. The van der Waals surface area contributed by atoms with Crippen molar-refractivity contribution in [3.63, 3.8) is 0 Å². The monoisotopic (exact) mass is 998 g/mol. The largest absolute Gasteiger partial charge is 0.491 e. The summed E-state index contributed by atoms with van der Waals surface area (Å²) in [6.45, 7) is 12.4. The van der Waals surface area contributed by atoms with E-state index in [1.807, 2.05) is 12.1 Å². The van der Waals surface area contributed by atoms with Gasteiger partial charge in [-0.05, 0) is 136 Å². The van der Waals surface area contributed by atoms with Gasteiger partial charge in [0.1, 0.15) is 47.4 Å². The van der Waals surface area contributed by atoms with Crippen LogP contribution in [-0.4, -0.2) is 94.4 Å². The van der Waals surface area contributed by atoms with Crippen molar-refractivity contribution >= 4 is 102 Å². The molecule has 2 aromatic heterocycles. The predicted molar refractivity (Wildman–Crippen MR) is 269 cm³/mol. The summed E-state index contributed by atoms with van der Waals surface area (Å²) in [7, 11) is 4.33.